The van der Waals surface area contributed by atoms with Gasteiger partial charge in [-0.1, -0.05) is 6.92 Å². The van der Waals surface area contributed by atoms with E-state index in [1.54, 1.807) is 16.8 Å². The molecule has 29 heavy (non-hydrogen) atoms. The van der Waals surface area contributed by atoms with E-state index >= 15 is 0 Å². The fraction of sp³-hybridized carbons (Fsp3) is 0.429. The van der Waals surface area contributed by atoms with Crippen LogP contribution in [0.15, 0.2) is 30.7 Å². The van der Waals surface area contributed by atoms with Gasteiger partial charge in [0.2, 0.25) is 0 Å². The highest BCUT2D eigenvalue weighted by molar-refractivity contribution is 5.99. The summed E-state index contributed by atoms with van der Waals surface area (Å²) in [5, 5.41) is 7.30. The SMILES string of the molecule is CC1C[C@@H]2c3cc(F)cnc3CCC(C)NC(=O)c3cnn4ccc(nc34)N2C1. The number of hydrogen-bond donors (Lipinski definition) is 1. The normalized spacial score (nSPS) is 24.4. The molecular weight excluding hydrogens is 371 g/mol. The number of aryl methyl sites for hydroxylation is 1. The lowest BCUT2D eigenvalue weighted by Gasteiger charge is -2.27. The monoisotopic (exact) mass is 394 g/mol. The first-order valence-electron chi connectivity index (χ1n) is 10.1. The maximum Gasteiger partial charge on any atom is 0.256 e. The number of hydrogen-bond acceptors (Lipinski definition) is 5. The molecule has 1 fully saturated rings. The van der Waals surface area contributed by atoms with Gasteiger partial charge in [0.05, 0.1) is 18.4 Å². The molecular formula is C21H23FN6O. The van der Waals surface area contributed by atoms with Gasteiger partial charge in [0.15, 0.2) is 5.65 Å². The van der Waals surface area contributed by atoms with Crippen LogP contribution in [0.5, 0.6) is 0 Å². The van der Waals surface area contributed by atoms with Crippen molar-refractivity contribution in [1.29, 1.82) is 0 Å². The summed E-state index contributed by atoms with van der Waals surface area (Å²) in [6, 6.07) is 3.47. The highest BCUT2D eigenvalue weighted by Crippen LogP contribution is 2.39. The molecule has 5 rings (SSSR count). The number of fused-ring (bicyclic) bond motifs is 5. The van der Waals surface area contributed by atoms with Crippen molar-refractivity contribution in [1.82, 2.24) is 24.9 Å². The van der Waals surface area contributed by atoms with Gasteiger partial charge in [-0.15, -0.1) is 0 Å². The van der Waals surface area contributed by atoms with E-state index in [2.05, 4.69) is 27.2 Å². The molecule has 2 bridgehead atoms. The van der Waals surface area contributed by atoms with Crippen LogP contribution < -0.4 is 10.2 Å². The smallest absolute Gasteiger partial charge is 0.256 e. The number of nitrogens with zero attached hydrogens (tertiary/aromatic N) is 5. The standard InChI is InChI=1S/C21H23FN6O/c1-12-7-18-15-8-14(22)9-23-17(15)4-3-13(2)25-21(29)16-10-24-28-6-5-19(26-20(16)28)27(18)11-12/h5-6,8-10,12-13,18H,3-4,7,11H2,1-2H3,(H,25,29)/t12?,13?,18-/m1/s1. The topological polar surface area (TPSA) is 75.4 Å². The summed E-state index contributed by atoms with van der Waals surface area (Å²) < 4.78 is 15.8. The summed E-state index contributed by atoms with van der Waals surface area (Å²) in [4.78, 5) is 24.2. The molecule has 2 unspecified atom stereocenters. The van der Waals surface area contributed by atoms with Crippen LogP contribution in [-0.4, -0.2) is 38.1 Å². The lowest BCUT2D eigenvalue weighted by Crippen LogP contribution is -2.33. The van der Waals surface area contributed by atoms with Crippen LogP contribution in [0.1, 0.15) is 54.3 Å². The maximum absolute atomic E-state index is 14.2. The van der Waals surface area contributed by atoms with E-state index in [0.29, 0.717) is 23.5 Å². The van der Waals surface area contributed by atoms with Gasteiger partial charge in [-0.2, -0.15) is 5.10 Å². The number of pyridine rings is 1. The zero-order chi connectivity index (χ0) is 20.1. The Bertz CT molecular complexity index is 1100. The number of carbonyl (C=O) groups is 1. The first-order chi connectivity index (χ1) is 14.0. The second-order valence-electron chi connectivity index (χ2n) is 8.22. The minimum absolute atomic E-state index is 0.00393. The summed E-state index contributed by atoms with van der Waals surface area (Å²) in [6.07, 6.45) is 6.96. The highest BCUT2D eigenvalue weighted by atomic mass is 19.1. The van der Waals surface area contributed by atoms with Crippen molar-refractivity contribution in [3.8, 4) is 0 Å². The van der Waals surface area contributed by atoms with Gasteiger partial charge in [0, 0.05) is 24.5 Å². The number of nitrogens with one attached hydrogen (secondary N) is 1. The quantitative estimate of drug-likeness (QED) is 0.635. The number of anilines is 1. The number of carbonyl (C=O) groups excluding carboxylic acids is 1. The van der Waals surface area contributed by atoms with Crippen LogP contribution in [0.2, 0.25) is 0 Å². The van der Waals surface area contributed by atoms with Crippen molar-refractivity contribution in [2.24, 2.45) is 5.92 Å². The van der Waals surface area contributed by atoms with Gasteiger partial charge < -0.3 is 10.2 Å². The van der Waals surface area contributed by atoms with Crippen LogP contribution in [0.25, 0.3) is 5.65 Å². The summed E-state index contributed by atoms with van der Waals surface area (Å²) in [5.41, 5.74) is 2.80. The molecule has 1 saturated heterocycles. The average Bonchev–Trinajstić information content (AvgIpc) is 3.29. The van der Waals surface area contributed by atoms with Crippen molar-refractivity contribution in [3.63, 3.8) is 0 Å². The van der Waals surface area contributed by atoms with E-state index in [9.17, 15) is 9.18 Å². The Hall–Kier alpha value is -3.03. The number of rotatable bonds is 0. The molecule has 2 aliphatic heterocycles. The van der Waals surface area contributed by atoms with Gasteiger partial charge in [0.25, 0.3) is 5.91 Å². The van der Waals surface area contributed by atoms with Crippen molar-refractivity contribution >= 4 is 17.4 Å². The summed E-state index contributed by atoms with van der Waals surface area (Å²) in [6.45, 7) is 4.98. The third kappa shape index (κ3) is 3.12. The van der Waals surface area contributed by atoms with Crippen LogP contribution in [-0.2, 0) is 6.42 Å². The molecule has 1 amide bonds. The van der Waals surface area contributed by atoms with Gasteiger partial charge in [-0.3, -0.25) is 9.78 Å². The fourth-order valence-corrected chi connectivity index (χ4v) is 4.48. The predicted octanol–water partition coefficient (Wildman–Crippen LogP) is 2.92. The minimum Gasteiger partial charge on any atom is -0.349 e. The second-order valence-corrected chi connectivity index (χ2v) is 8.22. The van der Waals surface area contributed by atoms with E-state index in [1.165, 1.54) is 6.20 Å². The third-order valence-corrected chi connectivity index (χ3v) is 5.92. The molecule has 150 valence electrons. The molecule has 3 aromatic heterocycles. The molecule has 2 aliphatic rings. The molecule has 0 aliphatic carbocycles. The molecule has 1 N–H and O–H groups in total. The lowest BCUT2D eigenvalue weighted by molar-refractivity contribution is 0.0940. The Kier molecular flexibility index (Phi) is 4.22. The summed E-state index contributed by atoms with van der Waals surface area (Å²) >= 11 is 0. The Morgan fingerprint density at radius 2 is 2.14 bits per heavy atom. The first kappa shape index (κ1) is 18.0. The first-order valence-corrected chi connectivity index (χ1v) is 10.1. The highest BCUT2D eigenvalue weighted by Gasteiger charge is 2.34. The van der Waals surface area contributed by atoms with Crippen molar-refractivity contribution in [3.05, 3.63) is 53.4 Å². The Balaban J connectivity index is 1.70. The summed E-state index contributed by atoms with van der Waals surface area (Å²) in [7, 11) is 0. The molecule has 0 radical (unpaired) electrons. The van der Waals surface area contributed by atoms with Crippen LogP contribution >= 0.6 is 0 Å². The van der Waals surface area contributed by atoms with E-state index in [-0.39, 0.29) is 23.8 Å². The predicted molar refractivity (Wildman–Crippen MR) is 106 cm³/mol. The molecule has 8 heteroatoms. The molecule has 3 aromatic rings. The Morgan fingerprint density at radius 1 is 1.28 bits per heavy atom. The third-order valence-electron chi connectivity index (χ3n) is 5.92. The zero-order valence-corrected chi connectivity index (χ0v) is 16.5. The Labute approximate surface area is 168 Å². The average molecular weight is 394 g/mol. The van der Waals surface area contributed by atoms with E-state index < -0.39 is 0 Å². The second kappa shape index (κ2) is 6.79. The van der Waals surface area contributed by atoms with Crippen molar-refractivity contribution in [2.75, 3.05) is 11.4 Å². The van der Waals surface area contributed by atoms with Crippen molar-refractivity contribution < 1.29 is 9.18 Å². The number of aromatic nitrogens is 4. The number of amides is 1. The molecule has 5 heterocycles. The molecule has 0 aromatic carbocycles. The Morgan fingerprint density at radius 3 is 3.00 bits per heavy atom. The van der Waals surface area contributed by atoms with Gasteiger partial charge in [-0.05, 0) is 49.8 Å². The molecule has 3 atom stereocenters. The van der Waals surface area contributed by atoms with Gasteiger partial charge >= 0.3 is 0 Å². The zero-order valence-electron chi connectivity index (χ0n) is 16.5. The van der Waals surface area contributed by atoms with Crippen LogP contribution in [0.3, 0.4) is 0 Å². The molecule has 0 saturated carbocycles. The van der Waals surface area contributed by atoms with Gasteiger partial charge in [-0.25, -0.2) is 13.9 Å². The largest absolute Gasteiger partial charge is 0.349 e. The van der Waals surface area contributed by atoms with E-state index in [1.807, 2.05) is 19.2 Å². The number of halogens is 1. The van der Waals surface area contributed by atoms with Crippen LogP contribution in [0.4, 0.5) is 10.2 Å². The lowest BCUT2D eigenvalue weighted by atomic mass is 9.96. The molecule has 7 nitrogen and oxygen atoms in total. The van der Waals surface area contributed by atoms with E-state index in [4.69, 9.17) is 4.98 Å². The minimum atomic E-state index is -0.324. The maximum atomic E-state index is 14.2. The van der Waals surface area contributed by atoms with Crippen molar-refractivity contribution in [2.45, 2.75) is 45.2 Å². The fourth-order valence-electron chi connectivity index (χ4n) is 4.48. The van der Waals surface area contributed by atoms with E-state index in [0.717, 1.165) is 36.5 Å². The summed E-state index contributed by atoms with van der Waals surface area (Å²) in [5.74, 6) is 0.697. The van der Waals surface area contributed by atoms with Crippen LogP contribution in [0, 0.1) is 11.7 Å². The van der Waals surface area contributed by atoms with Gasteiger partial charge in [0.1, 0.15) is 17.2 Å². The molecule has 0 spiro atoms.